The van der Waals surface area contributed by atoms with Gasteiger partial charge in [0.25, 0.3) is 0 Å². The molecule has 0 amide bonds. The van der Waals surface area contributed by atoms with E-state index in [1.165, 1.54) is 24.0 Å². The molecular weight excluding hydrogens is 198 g/mol. The van der Waals surface area contributed by atoms with Crippen molar-refractivity contribution in [1.82, 2.24) is 0 Å². The van der Waals surface area contributed by atoms with Crippen molar-refractivity contribution in [3.05, 3.63) is 29.3 Å². The summed E-state index contributed by atoms with van der Waals surface area (Å²) < 4.78 is 5.90. The van der Waals surface area contributed by atoms with Gasteiger partial charge in [-0.25, -0.2) is 0 Å². The van der Waals surface area contributed by atoms with Gasteiger partial charge in [-0.15, -0.1) is 0 Å². The molecule has 1 fully saturated rings. The Morgan fingerprint density at radius 3 is 2.62 bits per heavy atom. The average Bonchev–Trinajstić information content (AvgIpc) is 2.91. The van der Waals surface area contributed by atoms with Gasteiger partial charge in [-0.2, -0.15) is 0 Å². The molecule has 1 aliphatic rings. The summed E-state index contributed by atoms with van der Waals surface area (Å²) in [7, 11) is 0. The molecule has 1 saturated carbocycles. The van der Waals surface area contributed by atoms with Crippen LogP contribution in [0.5, 0.6) is 5.75 Å². The Labute approximate surface area is 97.8 Å². The highest BCUT2D eigenvalue weighted by molar-refractivity contribution is 5.38. The van der Waals surface area contributed by atoms with Crippen LogP contribution in [0.3, 0.4) is 0 Å². The highest BCUT2D eigenvalue weighted by Gasteiger charge is 2.25. The minimum atomic E-state index is -0.185. The summed E-state index contributed by atoms with van der Waals surface area (Å²) in [4.78, 5) is 0. The maximum atomic E-state index is 6.08. The number of benzene rings is 1. The number of nitrogens with two attached hydrogens (primary N) is 1. The second-order valence-electron chi connectivity index (χ2n) is 5.59. The van der Waals surface area contributed by atoms with Gasteiger partial charge in [-0.3, -0.25) is 0 Å². The van der Waals surface area contributed by atoms with Crippen LogP contribution in [0.4, 0.5) is 0 Å². The van der Waals surface area contributed by atoms with E-state index in [2.05, 4.69) is 39.0 Å². The first-order valence-electron chi connectivity index (χ1n) is 5.99. The van der Waals surface area contributed by atoms with Gasteiger partial charge in [-0.1, -0.05) is 17.7 Å². The summed E-state index contributed by atoms with van der Waals surface area (Å²) in [5.74, 6) is 1.02. The maximum absolute atomic E-state index is 6.08. The van der Waals surface area contributed by atoms with Crippen LogP contribution in [0.25, 0.3) is 0 Å². The molecule has 0 saturated heterocycles. The number of hydrogen-bond donors (Lipinski definition) is 1. The van der Waals surface area contributed by atoms with Gasteiger partial charge in [0.05, 0.1) is 6.10 Å². The summed E-state index contributed by atoms with van der Waals surface area (Å²) in [5.41, 5.74) is 8.39. The predicted molar refractivity (Wildman–Crippen MR) is 66.8 cm³/mol. The molecule has 0 unspecified atom stereocenters. The van der Waals surface area contributed by atoms with E-state index in [-0.39, 0.29) is 5.54 Å². The summed E-state index contributed by atoms with van der Waals surface area (Å²) in [6.45, 7) is 6.21. The molecule has 0 spiro atoms. The van der Waals surface area contributed by atoms with Crippen LogP contribution in [0.15, 0.2) is 18.2 Å². The highest BCUT2D eigenvalue weighted by atomic mass is 16.5. The molecule has 1 aromatic rings. The topological polar surface area (TPSA) is 35.2 Å². The van der Waals surface area contributed by atoms with E-state index in [4.69, 9.17) is 10.5 Å². The molecule has 2 N–H and O–H groups in total. The third-order valence-corrected chi connectivity index (χ3v) is 2.68. The summed E-state index contributed by atoms with van der Waals surface area (Å²) >= 11 is 0. The Morgan fingerprint density at radius 1 is 1.38 bits per heavy atom. The normalized spacial score (nSPS) is 16.2. The van der Waals surface area contributed by atoms with Crippen molar-refractivity contribution in [1.29, 1.82) is 0 Å². The van der Waals surface area contributed by atoms with Crippen molar-refractivity contribution < 1.29 is 4.74 Å². The van der Waals surface area contributed by atoms with Crippen molar-refractivity contribution >= 4 is 0 Å². The summed E-state index contributed by atoms with van der Waals surface area (Å²) in [6, 6.07) is 6.37. The Bertz CT molecular complexity index is 375. The van der Waals surface area contributed by atoms with Gasteiger partial charge in [-0.05, 0) is 51.7 Å². The zero-order chi connectivity index (χ0) is 11.8. The minimum absolute atomic E-state index is 0.185. The van der Waals surface area contributed by atoms with E-state index >= 15 is 0 Å². The first-order valence-corrected chi connectivity index (χ1v) is 5.99. The highest BCUT2D eigenvalue weighted by Crippen LogP contribution is 2.31. The van der Waals surface area contributed by atoms with Crippen molar-refractivity contribution in [3.8, 4) is 5.75 Å². The summed E-state index contributed by atoms with van der Waals surface area (Å²) in [6.07, 6.45) is 3.69. The molecule has 1 aromatic carbocycles. The zero-order valence-electron chi connectivity index (χ0n) is 10.4. The monoisotopic (exact) mass is 219 g/mol. The minimum Gasteiger partial charge on any atom is -0.490 e. The number of ether oxygens (including phenoxy) is 1. The van der Waals surface area contributed by atoms with E-state index in [0.29, 0.717) is 6.10 Å². The smallest absolute Gasteiger partial charge is 0.122 e. The van der Waals surface area contributed by atoms with Crippen molar-refractivity contribution in [2.45, 2.75) is 51.7 Å². The lowest BCUT2D eigenvalue weighted by molar-refractivity contribution is 0.297. The molecule has 0 aromatic heterocycles. The van der Waals surface area contributed by atoms with Crippen LogP contribution >= 0.6 is 0 Å². The Hall–Kier alpha value is -1.02. The van der Waals surface area contributed by atoms with Gasteiger partial charge in [0.2, 0.25) is 0 Å². The van der Waals surface area contributed by atoms with Crippen LogP contribution in [0.2, 0.25) is 0 Å². The van der Waals surface area contributed by atoms with Crippen LogP contribution in [0, 0.1) is 6.92 Å². The van der Waals surface area contributed by atoms with Gasteiger partial charge in [0.15, 0.2) is 0 Å². The second kappa shape index (κ2) is 4.10. The molecule has 0 atom stereocenters. The van der Waals surface area contributed by atoms with Crippen LogP contribution in [-0.2, 0) is 6.42 Å². The molecular formula is C14H21NO. The SMILES string of the molecule is Cc1ccc(OC2CC2)c(CC(C)(C)N)c1. The third kappa shape index (κ3) is 3.24. The molecule has 0 heterocycles. The first-order chi connectivity index (χ1) is 7.44. The standard InChI is InChI=1S/C14H21NO/c1-10-4-7-13(16-12-5-6-12)11(8-10)9-14(2,3)15/h4,7-8,12H,5-6,9,15H2,1-3H3. The lowest BCUT2D eigenvalue weighted by Gasteiger charge is -2.21. The fourth-order valence-corrected chi connectivity index (χ4v) is 1.82. The molecule has 0 aliphatic heterocycles. The van der Waals surface area contributed by atoms with E-state index in [9.17, 15) is 0 Å². The van der Waals surface area contributed by atoms with Crippen molar-refractivity contribution in [2.75, 3.05) is 0 Å². The second-order valence-corrected chi connectivity index (χ2v) is 5.59. The molecule has 1 aliphatic carbocycles. The average molecular weight is 219 g/mol. The number of aryl methyl sites for hydroxylation is 1. The zero-order valence-corrected chi connectivity index (χ0v) is 10.4. The molecule has 88 valence electrons. The molecule has 0 bridgehead atoms. The van der Waals surface area contributed by atoms with Crippen LogP contribution in [0.1, 0.15) is 37.8 Å². The quantitative estimate of drug-likeness (QED) is 0.845. The van der Waals surface area contributed by atoms with Gasteiger partial charge >= 0.3 is 0 Å². The van der Waals surface area contributed by atoms with Gasteiger partial charge in [0.1, 0.15) is 5.75 Å². The molecule has 2 rings (SSSR count). The van der Waals surface area contributed by atoms with E-state index < -0.39 is 0 Å². The fourth-order valence-electron chi connectivity index (χ4n) is 1.82. The lowest BCUT2D eigenvalue weighted by atomic mass is 9.94. The number of rotatable bonds is 4. The van der Waals surface area contributed by atoms with E-state index in [0.717, 1.165) is 12.2 Å². The summed E-state index contributed by atoms with van der Waals surface area (Å²) in [5, 5.41) is 0. The Kier molecular flexibility index (Phi) is 2.94. The first kappa shape index (κ1) is 11.5. The predicted octanol–water partition coefficient (Wildman–Crippen LogP) is 2.82. The van der Waals surface area contributed by atoms with E-state index in [1.807, 2.05) is 0 Å². The van der Waals surface area contributed by atoms with E-state index in [1.54, 1.807) is 0 Å². The van der Waals surface area contributed by atoms with Gasteiger partial charge < -0.3 is 10.5 Å². The van der Waals surface area contributed by atoms with Crippen LogP contribution in [-0.4, -0.2) is 11.6 Å². The molecule has 16 heavy (non-hydrogen) atoms. The molecule has 0 radical (unpaired) electrons. The maximum Gasteiger partial charge on any atom is 0.122 e. The van der Waals surface area contributed by atoms with Crippen LogP contribution < -0.4 is 10.5 Å². The largest absolute Gasteiger partial charge is 0.490 e. The van der Waals surface area contributed by atoms with Gasteiger partial charge in [0, 0.05) is 5.54 Å². The molecule has 2 heteroatoms. The van der Waals surface area contributed by atoms with Crippen molar-refractivity contribution in [2.24, 2.45) is 5.73 Å². The fraction of sp³-hybridized carbons (Fsp3) is 0.571. The molecule has 2 nitrogen and oxygen atoms in total. The third-order valence-electron chi connectivity index (χ3n) is 2.68. The lowest BCUT2D eigenvalue weighted by Crippen LogP contribution is -2.34. The Morgan fingerprint density at radius 2 is 2.06 bits per heavy atom. The van der Waals surface area contributed by atoms with Crippen molar-refractivity contribution in [3.63, 3.8) is 0 Å². The number of hydrogen-bond acceptors (Lipinski definition) is 2. The Balaban J connectivity index is 2.20.